The third kappa shape index (κ3) is 3.55. The summed E-state index contributed by atoms with van der Waals surface area (Å²) in [5.74, 6) is 0.484. The Morgan fingerprint density at radius 2 is 2.00 bits per heavy atom. The number of morpholine rings is 1. The van der Waals surface area contributed by atoms with Gasteiger partial charge in [0, 0.05) is 18.9 Å². The van der Waals surface area contributed by atoms with Gasteiger partial charge in [-0.15, -0.1) is 0 Å². The van der Waals surface area contributed by atoms with Crippen LogP contribution in [-0.4, -0.2) is 40.5 Å². The van der Waals surface area contributed by atoms with Gasteiger partial charge in [-0.05, 0) is 42.4 Å². The number of rotatable bonds is 3. The first-order chi connectivity index (χ1) is 12.7. The molecule has 0 saturated carbocycles. The topological polar surface area (TPSA) is 81.3 Å². The van der Waals surface area contributed by atoms with Crippen molar-refractivity contribution in [3.8, 4) is 0 Å². The second-order valence-corrected chi connectivity index (χ2v) is 7.01. The van der Waals surface area contributed by atoms with Crippen molar-refractivity contribution in [3.05, 3.63) is 53.0 Å². The van der Waals surface area contributed by atoms with Crippen molar-refractivity contribution in [3.63, 3.8) is 0 Å². The maximum atomic E-state index is 12.8. The molecule has 26 heavy (non-hydrogen) atoms. The van der Waals surface area contributed by atoms with E-state index in [2.05, 4.69) is 28.2 Å². The van der Waals surface area contributed by atoms with E-state index in [1.54, 1.807) is 12.4 Å². The third-order valence-corrected chi connectivity index (χ3v) is 5.25. The Morgan fingerprint density at radius 3 is 2.85 bits per heavy atom. The van der Waals surface area contributed by atoms with Gasteiger partial charge in [-0.3, -0.25) is 9.78 Å². The van der Waals surface area contributed by atoms with E-state index in [4.69, 9.17) is 10.5 Å². The molecule has 2 aromatic rings. The molecule has 1 aliphatic carbocycles. The molecule has 1 aliphatic heterocycles. The van der Waals surface area contributed by atoms with E-state index in [1.807, 2.05) is 4.90 Å². The maximum Gasteiger partial charge on any atom is 0.227 e. The molecule has 1 aromatic carbocycles. The van der Waals surface area contributed by atoms with Gasteiger partial charge in [0.2, 0.25) is 5.91 Å². The van der Waals surface area contributed by atoms with Gasteiger partial charge in [0.15, 0.2) is 0 Å². The zero-order chi connectivity index (χ0) is 17.9. The lowest BCUT2D eigenvalue weighted by atomic mass is 9.90. The highest BCUT2D eigenvalue weighted by Gasteiger charge is 2.28. The van der Waals surface area contributed by atoms with E-state index in [-0.39, 0.29) is 12.0 Å². The predicted molar refractivity (Wildman–Crippen MR) is 98.5 cm³/mol. The molecule has 4 rings (SSSR count). The second kappa shape index (κ2) is 7.41. The number of ether oxygens (including phenoxy) is 1. The number of hydrogen-bond acceptors (Lipinski definition) is 5. The zero-order valence-electron chi connectivity index (χ0n) is 14.9. The molecule has 0 bridgehead atoms. The Kier molecular flexibility index (Phi) is 4.84. The van der Waals surface area contributed by atoms with E-state index in [0.29, 0.717) is 37.6 Å². The molecule has 2 aliphatic rings. The van der Waals surface area contributed by atoms with Gasteiger partial charge >= 0.3 is 0 Å². The minimum Gasteiger partial charge on any atom is -0.382 e. The van der Waals surface area contributed by atoms with Crippen LogP contribution in [0.5, 0.6) is 0 Å². The summed E-state index contributed by atoms with van der Waals surface area (Å²) in [6.45, 7) is 1.55. The number of aromatic nitrogens is 2. The zero-order valence-corrected chi connectivity index (χ0v) is 14.9. The predicted octanol–water partition coefficient (Wildman–Crippen LogP) is 2.08. The second-order valence-electron chi connectivity index (χ2n) is 7.01. The largest absolute Gasteiger partial charge is 0.382 e. The Bertz CT molecular complexity index is 808. The van der Waals surface area contributed by atoms with Crippen molar-refractivity contribution < 1.29 is 9.53 Å². The number of nitrogens with zero attached hydrogens (tertiary/aromatic N) is 3. The van der Waals surface area contributed by atoms with E-state index in [1.165, 1.54) is 24.0 Å². The number of anilines is 1. The highest BCUT2D eigenvalue weighted by atomic mass is 16.5. The highest BCUT2D eigenvalue weighted by Crippen LogP contribution is 2.25. The fraction of sp³-hybridized carbons (Fsp3) is 0.450. The minimum absolute atomic E-state index is 0.122. The van der Waals surface area contributed by atoms with Crippen molar-refractivity contribution in [2.75, 3.05) is 25.4 Å². The van der Waals surface area contributed by atoms with Crippen molar-refractivity contribution in [2.45, 2.75) is 38.2 Å². The van der Waals surface area contributed by atoms with Gasteiger partial charge in [-0.1, -0.05) is 18.2 Å². The number of carbonyl (C=O) groups is 1. The average molecular weight is 352 g/mol. The molecule has 0 radical (unpaired) electrons. The quantitative estimate of drug-likeness (QED) is 0.915. The number of carbonyl (C=O) groups excluding carboxylic acids is 1. The Morgan fingerprint density at radius 1 is 1.19 bits per heavy atom. The summed E-state index contributed by atoms with van der Waals surface area (Å²) in [6.07, 6.45) is 8.07. The number of benzene rings is 1. The molecule has 2 N–H and O–H groups in total. The molecule has 1 aromatic heterocycles. The van der Waals surface area contributed by atoms with Gasteiger partial charge in [0.25, 0.3) is 0 Å². The van der Waals surface area contributed by atoms with Crippen LogP contribution >= 0.6 is 0 Å². The first-order valence-electron chi connectivity index (χ1n) is 9.27. The van der Waals surface area contributed by atoms with Crippen LogP contribution in [0, 0.1) is 0 Å². The molecule has 6 nitrogen and oxygen atoms in total. The smallest absolute Gasteiger partial charge is 0.227 e. The number of amides is 1. The van der Waals surface area contributed by atoms with Gasteiger partial charge < -0.3 is 15.4 Å². The number of hydrogen-bond donors (Lipinski definition) is 1. The Hall–Kier alpha value is -2.47. The molecule has 1 atom stereocenters. The van der Waals surface area contributed by atoms with Crippen LogP contribution in [0.3, 0.4) is 0 Å². The summed E-state index contributed by atoms with van der Waals surface area (Å²) < 4.78 is 5.77. The highest BCUT2D eigenvalue weighted by molar-refractivity contribution is 5.79. The lowest BCUT2D eigenvalue weighted by molar-refractivity contribution is -0.138. The summed E-state index contributed by atoms with van der Waals surface area (Å²) in [4.78, 5) is 23.0. The molecule has 2 heterocycles. The average Bonchev–Trinajstić information content (AvgIpc) is 2.68. The van der Waals surface area contributed by atoms with Crippen molar-refractivity contribution in [1.29, 1.82) is 0 Å². The number of aryl methyl sites for hydroxylation is 2. The molecule has 1 saturated heterocycles. The normalized spacial score (nSPS) is 19.8. The molecule has 1 fully saturated rings. The first-order valence-corrected chi connectivity index (χ1v) is 9.27. The molecular formula is C20H24N4O2. The molecule has 0 unspecified atom stereocenters. The van der Waals surface area contributed by atoms with E-state index in [0.717, 1.165) is 18.4 Å². The lowest BCUT2D eigenvalue weighted by Crippen LogP contribution is -2.43. The fourth-order valence-corrected chi connectivity index (χ4v) is 3.83. The monoisotopic (exact) mass is 352 g/mol. The molecule has 0 spiro atoms. The van der Waals surface area contributed by atoms with Crippen LogP contribution in [0.4, 0.5) is 5.82 Å². The van der Waals surface area contributed by atoms with E-state index in [9.17, 15) is 4.79 Å². The third-order valence-electron chi connectivity index (χ3n) is 5.25. The first kappa shape index (κ1) is 17.0. The molecule has 136 valence electrons. The van der Waals surface area contributed by atoms with Crippen molar-refractivity contribution >= 4 is 11.7 Å². The Balaban J connectivity index is 1.44. The van der Waals surface area contributed by atoms with Gasteiger partial charge in [0.05, 0.1) is 19.6 Å². The Labute approximate surface area is 153 Å². The van der Waals surface area contributed by atoms with Crippen LogP contribution in [0.2, 0.25) is 0 Å². The summed E-state index contributed by atoms with van der Waals surface area (Å²) >= 11 is 0. The number of fused-ring (bicyclic) bond motifs is 1. The van der Waals surface area contributed by atoms with Gasteiger partial charge in [-0.25, -0.2) is 4.98 Å². The SMILES string of the molecule is Nc1nccnc1[C@@H]1CN(C(=O)Cc2ccc3c(c2)CCCC3)CCO1. The molecular weight excluding hydrogens is 328 g/mol. The molecule has 1 amide bonds. The van der Waals surface area contributed by atoms with Crippen LogP contribution < -0.4 is 5.73 Å². The summed E-state index contributed by atoms with van der Waals surface area (Å²) in [5.41, 5.74) is 10.5. The standard InChI is InChI=1S/C20H24N4O2/c21-20-19(22-7-8-23-20)17-13-24(9-10-26-17)18(25)12-14-5-6-15-3-1-2-4-16(15)11-14/h5-8,11,17H,1-4,9-10,12-13H2,(H2,21,23)/t17-/m0/s1. The fourth-order valence-electron chi connectivity index (χ4n) is 3.83. The minimum atomic E-state index is -0.315. The van der Waals surface area contributed by atoms with Crippen LogP contribution in [0.25, 0.3) is 0 Å². The van der Waals surface area contributed by atoms with Crippen LogP contribution in [0.15, 0.2) is 30.6 Å². The van der Waals surface area contributed by atoms with Crippen molar-refractivity contribution in [2.24, 2.45) is 0 Å². The van der Waals surface area contributed by atoms with Gasteiger partial charge in [-0.2, -0.15) is 0 Å². The summed E-state index contributed by atoms with van der Waals surface area (Å²) in [5, 5.41) is 0. The lowest BCUT2D eigenvalue weighted by Gasteiger charge is -2.33. The van der Waals surface area contributed by atoms with E-state index < -0.39 is 0 Å². The van der Waals surface area contributed by atoms with Gasteiger partial charge in [0.1, 0.15) is 17.6 Å². The van der Waals surface area contributed by atoms with Crippen LogP contribution in [0.1, 0.15) is 41.3 Å². The summed E-state index contributed by atoms with van der Waals surface area (Å²) in [6, 6.07) is 6.51. The van der Waals surface area contributed by atoms with Crippen molar-refractivity contribution in [1.82, 2.24) is 14.9 Å². The van der Waals surface area contributed by atoms with E-state index >= 15 is 0 Å². The van der Waals surface area contributed by atoms with Crippen LogP contribution in [-0.2, 0) is 28.8 Å². The molecule has 6 heteroatoms. The number of nitrogen functional groups attached to an aromatic ring is 1. The maximum absolute atomic E-state index is 12.8. The number of nitrogens with two attached hydrogens (primary N) is 1. The summed E-state index contributed by atoms with van der Waals surface area (Å²) in [7, 11) is 0.